The van der Waals surface area contributed by atoms with Gasteiger partial charge in [0, 0.05) is 7.11 Å². The van der Waals surface area contributed by atoms with E-state index in [1.807, 2.05) is 31.2 Å². The third kappa shape index (κ3) is 6.63. The fourth-order valence-corrected chi connectivity index (χ4v) is 3.92. The monoisotopic (exact) mass is 476 g/mol. The van der Waals surface area contributed by atoms with Crippen molar-refractivity contribution >= 4 is 0 Å². The molecular weight excluding hydrogens is 450 g/mol. The van der Waals surface area contributed by atoms with Gasteiger partial charge < -0.3 is 14.2 Å². The molecule has 2 unspecified atom stereocenters. The van der Waals surface area contributed by atoms with Crippen LogP contribution in [0, 0.1) is 0 Å². The van der Waals surface area contributed by atoms with Gasteiger partial charge >= 0.3 is 12.3 Å². The second kappa shape index (κ2) is 10.3. The van der Waals surface area contributed by atoms with Crippen LogP contribution in [0.4, 0.5) is 26.3 Å². The van der Waals surface area contributed by atoms with Gasteiger partial charge in [-0.15, -0.1) is 0 Å². The van der Waals surface area contributed by atoms with E-state index in [9.17, 15) is 26.3 Å². The van der Waals surface area contributed by atoms with Crippen LogP contribution in [-0.2, 0) is 9.47 Å². The summed E-state index contributed by atoms with van der Waals surface area (Å²) in [5, 5.41) is 0. The Balaban J connectivity index is 1.59. The maximum atomic E-state index is 13.4. The molecule has 0 bridgehead atoms. The van der Waals surface area contributed by atoms with Crippen LogP contribution in [0.5, 0.6) is 5.75 Å². The Bertz CT molecular complexity index is 875. The lowest BCUT2D eigenvalue weighted by molar-refractivity contribution is -0.304. The highest BCUT2D eigenvalue weighted by Crippen LogP contribution is 2.38. The highest BCUT2D eigenvalue weighted by Gasteiger charge is 2.59. The Morgan fingerprint density at radius 1 is 0.818 bits per heavy atom. The molecule has 2 aromatic rings. The molecule has 0 radical (unpaired) electrons. The average Bonchev–Trinajstić information content (AvgIpc) is 2.79. The van der Waals surface area contributed by atoms with Gasteiger partial charge in [0.2, 0.25) is 0 Å². The lowest BCUT2D eigenvalue weighted by atomic mass is 9.82. The summed E-state index contributed by atoms with van der Waals surface area (Å²) in [7, 11) is 1.61. The largest absolute Gasteiger partial charge is 0.439 e. The first-order valence-corrected chi connectivity index (χ1v) is 10.7. The standard InChI is InChI=1S/C24H26F6O3/c1-15(31-2)32-20-11-7-18(8-12-20)16-3-5-17(6-4-16)19-9-13-21(14-10-19)33-24(29,30)22(25)23(26,27)28/h3-6,9-10,13-15,18,20,22H,7-8,11-12H2,1-2H3. The second-order valence-corrected chi connectivity index (χ2v) is 8.13. The van der Waals surface area contributed by atoms with E-state index < -0.39 is 24.2 Å². The first-order valence-electron chi connectivity index (χ1n) is 10.7. The molecule has 2 aromatic carbocycles. The average molecular weight is 476 g/mol. The van der Waals surface area contributed by atoms with Crippen LogP contribution >= 0.6 is 0 Å². The Labute approximate surface area is 188 Å². The van der Waals surface area contributed by atoms with Gasteiger partial charge in [-0.25, -0.2) is 4.39 Å². The van der Waals surface area contributed by atoms with Gasteiger partial charge in [0.15, 0.2) is 6.29 Å². The predicted octanol–water partition coefficient (Wildman–Crippen LogP) is 7.26. The summed E-state index contributed by atoms with van der Waals surface area (Å²) in [6.07, 6.45) is -11.3. The van der Waals surface area contributed by atoms with Crippen LogP contribution in [0.25, 0.3) is 11.1 Å². The molecule has 0 heterocycles. The fourth-order valence-electron chi connectivity index (χ4n) is 3.92. The van der Waals surface area contributed by atoms with Crippen molar-refractivity contribution in [2.45, 2.75) is 69.4 Å². The van der Waals surface area contributed by atoms with Crippen LogP contribution in [0.1, 0.15) is 44.1 Å². The molecule has 3 nitrogen and oxygen atoms in total. The van der Waals surface area contributed by atoms with Crippen molar-refractivity contribution in [2.75, 3.05) is 7.11 Å². The van der Waals surface area contributed by atoms with Gasteiger partial charge in [-0.2, -0.15) is 22.0 Å². The molecule has 2 atom stereocenters. The molecule has 3 rings (SSSR count). The van der Waals surface area contributed by atoms with Crippen LogP contribution in [0.15, 0.2) is 48.5 Å². The molecule has 0 aliphatic heterocycles. The number of methoxy groups -OCH3 is 1. The van der Waals surface area contributed by atoms with Crippen molar-refractivity contribution in [3.05, 3.63) is 54.1 Å². The highest BCUT2D eigenvalue weighted by atomic mass is 19.4. The lowest BCUT2D eigenvalue weighted by Crippen LogP contribution is -2.45. The number of ether oxygens (including phenoxy) is 3. The molecule has 0 saturated heterocycles. The zero-order chi connectivity index (χ0) is 24.2. The normalized spacial score (nSPS) is 21.5. The quantitative estimate of drug-likeness (QED) is 0.296. The zero-order valence-corrected chi connectivity index (χ0v) is 18.2. The number of hydrogen-bond donors (Lipinski definition) is 0. The van der Waals surface area contributed by atoms with Crippen molar-refractivity contribution in [2.24, 2.45) is 0 Å². The van der Waals surface area contributed by atoms with Gasteiger partial charge in [-0.1, -0.05) is 36.4 Å². The van der Waals surface area contributed by atoms with Crippen molar-refractivity contribution in [3.8, 4) is 16.9 Å². The third-order valence-electron chi connectivity index (χ3n) is 5.80. The lowest BCUT2D eigenvalue weighted by Gasteiger charge is -2.30. The SMILES string of the molecule is COC(C)OC1CCC(c2ccc(-c3ccc(OC(F)(F)C(F)C(F)(F)F)cc3)cc2)CC1. The van der Waals surface area contributed by atoms with Crippen LogP contribution in [-0.4, -0.2) is 38.0 Å². The van der Waals surface area contributed by atoms with Crippen molar-refractivity contribution < 1.29 is 40.6 Å². The number of rotatable bonds is 8. The van der Waals surface area contributed by atoms with E-state index in [1.165, 1.54) is 17.7 Å². The van der Waals surface area contributed by atoms with Crippen LogP contribution < -0.4 is 4.74 Å². The molecule has 0 N–H and O–H groups in total. The van der Waals surface area contributed by atoms with Crippen molar-refractivity contribution in [1.29, 1.82) is 0 Å². The molecule has 1 saturated carbocycles. The molecule has 9 heteroatoms. The maximum Gasteiger partial charge on any atom is 0.439 e. The smallest absolute Gasteiger partial charge is 0.430 e. The zero-order valence-electron chi connectivity index (χ0n) is 18.2. The molecule has 0 aromatic heterocycles. The fraction of sp³-hybridized carbons (Fsp3) is 0.500. The molecule has 1 fully saturated rings. The van der Waals surface area contributed by atoms with E-state index in [0.717, 1.165) is 43.4 Å². The van der Waals surface area contributed by atoms with Crippen LogP contribution in [0.2, 0.25) is 0 Å². The van der Waals surface area contributed by atoms with E-state index in [4.69, 9.17) is 9.47 Å². The molecule has 0 amide bonds. The summed E-state index contributed by atoms with van der Waals surface area (Å²) in [6.45, 7) is 1.87. The van der Waals surface area contributed by atoms with E-state index >= 15 is 0 Å². The summed E-state index contributed by atoms with van der Waals surface area (Å²) in [5.74, 6) is -0.147. The second-order valence-electron chi connectivity index (χ2n) is 8.13. The summed E-state index contributed by atoms with van der Waals surface area (Å²) in [6, 6.07) is 12.9. The summed E-state index contributed by atoms with van der Waals surface area (Å²) >= 11 is 0. The summed E-state index contributed by atoms with van der Waals surface area (Å²) in [5.41, 5.74) is 2.66. The van der Waals surface area contributed by atoms with Gasteiger partial charge in [0.05, 0.1) is 6.10 Å². The van der Waals surface area contributed by atoms with Gasteiger partial charge in [0.1, 0.15) is 5.75 Å². The van der Waals surface area contributed by atoms with E-state index in [2.05, 4.69) is 4.74 Å². The minimum absolute atomic E-state index is 0.187. The Kier molecular flexibility index (Phi) is 7.95. The number of alkyl halides is 6. The molecule has 1 aliphatic carbocycles. The van der Waals surface area contributed by atoms with Crippen molar-refractivity contribution in [1.82, 2.24) is 0 Å². The maximum absolute atomic E-state index is 13.4. The van der Waals surface area contributed by atoms with Gasteiger partial charge in [-0.05, 0) is 67.3 Å². The predicted molar refractivity (Wildman–Crippen MR) is 111 cm³/mol. The molecular formula is C24H26F6O3. The molecule has 0 spiro atoms. The summed E-state index contributed by atoms with van der Waals surface area (Å²) in [4.78, 5) is 0. The Hall–Kier alpha value is -2.26. The molecule has 1 aliphatic rings. The number of hydrogen-bond acceptors (Lipinski definition) is 3. The number of halogens is 6. The molecule has 182 valence electrons. The summed E-state index contributed by atoms with van der Waals surface area (Å²) < 4.78 is 91.5. The minimum atomic E-state index is -5.72. The minimum Gasteiger partial charge on any atom is -0.430 e. The third-order valence-corrected chi connectivity index (χ3v) is 5.80. The van der Waals surface area contributed by atoms with Crippen molar-refractivity contribution in [3.63, 3.8) is 0 Å². The number of benzene rings is 2. The van der Waals surface area contributed by atoms with Gasteiger partial charge in [-0.3, -0.25) is 0 Å². The van der Waals surface area contributed by atoms with E-state index in [-0.39, 0.29) is 12.4 Å². The van der Waals surface area contributed by atoms with Crippen LogP contribution in [0.3, 0.4) is 0 Å². The van der Waals surface area contributed by atoms with Gasteiger partial charge in [0.25, 0.3) is 6.17 Å². The highest BCUT2D eigenvalue weighted by molar-refractivity contribution is 5.64. The Morgan fingerprint density at radius 3 is 1.82 bits per heavy atom. The molecule has 33 heavy (non-hydrogen) atoms. The van der Waals surface area contributed by atoms with E-state index in [0.29, 0.717) is 11.5 Å². The van der Waals surface area contributed by atoms with E-state index in [1.54, 1.807) is 7.11 Å². The first-order chi connectivity index (χ1) is 15.5. The first kappa shape index (κ1) is 25.4. The topological polar surface area (TPSA) is 27.7 Å². The Morgan fingerprint density at radius 2 is 1.33 bits per heavy atom.